The Morgan fingerprint density at radius 2 is 2.12 bits per heavy atom. The minimum absolute atomic E-state index is 0.317. The van der Waals surface area contributed by atoms with Crippen LogP contribution in [-0.4, -0.2) is 12.8 Å². The van der Waals surface area contributed by atoms with Crippen molar-refractivity contribution in [2.45, 2.75) is 18.6 Å². The van der Waals surface area contributed by atoms with Crippen molar-refractivity contribution in [2.75, 3.05) is 6.54 Å². The van der Waals surface area contributed by atoms with Crippen LogP contribution in [0, 0.1) is 0 Å². The molecule has 2 nitrogen and oxygen atoms in total. The van der Waals surface area contributed by atoms with Crippen LogP contribution in [-0.2, 0) is 17.4 Å². The SMILES string of the molecule is O=CC1NCCc2cc(Cl)c(C(F)(F)F)cc21. The first-order valence-electron chi connectivity index (χ1n) is 5.01. The van der Waals surface area contributed by atoms with E-state index in [4.69, 9.17) is 11.6 Å². The van der Waals surface area contributed by atoms with Crippen LogP contribution in [0.4, 0.5) is 13.2 Å². The van der Waals surface area contributed by atoms with E-state index < -0.39 is 17.8 Å². The summed E-state index contributed by atoms with van der Waals surface area (Å²) in [6.07, 6.45) is -3.33. The zero-order valence-corrected chi connectivity index (χ0v) is 9.40. The smallest absolute Gasteiger partial charge is 0.304 e. The summed E-state index contributed by atoms with van der Waals surface area (Å²) < 4.78 is 38.0. The lowest BCUT2D eigenvalue weighted by Crippen LogP contribution is -2.31. The van der Waals surface area contributed by atoms with Crippen LogP contribution in [0.1, 0.15) is 22.7 Å². The second-order valence-corrected chi connectivity index (χ2v) is 4.25. The second kappa shape index (κ2) is 4.31. The highest BCUT2D eigenvalue weighted by atomic mass is 35.5. The van der Waals surface area contributed by atoms with Gasteiger partial charge in [-0.25, -0.2) is 0 Å². The van der Waals surface area contributed by atoms with E-state index in [2.05, 4.69) is 5.32 Å². The average molecular weight is 264 g/mol. The molecule has 1 aromatic carbocycles. The molecule has 1 heterocycles. The van der Waals surface area contributed by atoms with Gasteiger partial charge >= 0.3 is 6.18 Å². The summed E-state index contributed by atoms with van der Waals surface area (Å²) in [7, 11) is 0. The van der Waals surface area contributed by atoms with Crippen molar-refractivity contribution in [2.24, 2.45) is 0 Å². The van der Waals surface area contributed by atoms with Crippen LogP contribution in [0.15, 0.2) is 12.1 Å². The van der Waals surface area contributed by atoms with E-state index in [9.17, 15) is 18.0 Å². The van der Waals surface area contributed by atoms with E-state index in [-0.39, 0.29) is 5.02 Å². The Balaban J connectivity index is 2.56. The number of nitrogens with one attached hydrogen (secondary N) is 1. The Bertz CT molecular complexity index is 459. The minimum atomic E-state index is -4.50. The van der Waals surface area contributed by atoms with Crippen LogP contribution in [0.25, 0.3) is 0 Å². The molecule has 0 amide bonds. The number of aldehydes is 1. The van der Waals surface area contributed by atoms with E-state index in [1.54, 1.807) is 0 Å². The Hall–Kier alpha value is -1.07. The van der Waals surface area contributed by atoms with Crippen molar-refractivity contribution in [3.8, 4) is 0 Å². The van der Waals surface area contributed by atoms with Crippen LogP contribution in [0.3, 0.4) is 0 Å². The largest absolute Gasteiger partial charge is 0.417 e. The number of carbonyl (C=O) groups excluding carboxylic acids is 1. The quantitative estimate of drug-likeness (QED) is 0.790. The number of hydrogen-bond acceptors (Lipinski definition) is 2. The fourth-order valence-corrected chi connectivity index (χ4v) is 2.24. The first-order valence-corrected chi connectivity index (χ1v) is 5.39. The third-order valence-corrected chi connectivity index (χ3v) is 3.08. The molecule has 0 aliphatic carbocycles. The van der Waals surface area contributed by atoms with E-state index in [0.717, 1.165) is 6.07 Å². The van der Waals surface area contributed by atoms with Crippen LogP contribution in [0.5, 0.6) is 0 Å². The lowest BCUT2D eigenvalue weighted by atomic mass is 9.93. The van der Waals surface area contributed by atoms with Gasteiger partial charge in [0.15, 0.2) is 0 Å². The molecule has 0 radical (unpaired) electrons. The Morgan fingerprint density at radius 3 is 2.71 bits per heavy atom. The van der Waals surface area contributed by atoms with Gasteiger partial charge in [-0.2, -0.15) is 13.2 Å². The van der Waals surface area contributed by atoms with Gasteiger partial charge in [-0.05, 0) is 29.7 Å². The van der Waals surface area contributed by atoms with Gasteiger partial charge < -0.3 is 10.1 Å². The molecular formula is C11H9ClF3NO. The number of rotatable bonds is 1. The summed E-state index contributed by atoms with van der Waals surface area (Å²) in [4.78, 5) is 10.8. The number of carbonyl (C=O) groups is 1. The van der Waals surface area contributed by atoms with Gasteiger partial charge in [-0.15, -0.1) is 0 Å². The summed E-state index contributed by atoms with van der Waals surface area (Å²) >= 11 is 5.61. The van der Waals surface area contributed by atoms with Gasteiger partial charge in [0.25, 0.3) is 0 Å². The van der Waals surface area contributed by atoms with E-state index in [1.165, 1.54) is 6.07 Å². The highest BCUT2D eigenvalue weighted by Gasteiger charge is 2.35. The molecule has 1 aliphatic rings. The lowest BCUT2D eigenvalue weighted by Gasteiger charge is -2.24. The zero-order chi connectivity index (χ0) is 12.6. The molecular weight excluding hydrogens is 255 g/mol. The number of fused-ring (bicyclic) bond motifs is 1. The van der Waals surface area contributed by atoms with Crippen molar-refractivity contribution < 1.29 is 18.0 Å². The highest BCUT2D eigenvalue weighted by molar-refractivity contribution is 6.31. The molecule has 17 heavy (non-hydrogen) atoms. The fraction of sp³-hybridized carbons (Fsp3) is 0.364. The molecule has 1 atom stereocenters. The molecule has 2 rings (SSSR count). The monoisotopic (exact) mass is 263 g/mol. The number of alkyl halides is 3. The predicted molar refractivity (Wildman–Crippen MR) is 57.0 cm³/mol. The van der Waals surface area contributed by atoms with Crippen molar-refractivity contribution in [1.82, 2.24) is 5.32 Å². The highest BCUT2D eigenvalue weighted by Crippen LogP contribution is 2.38. The number of hydrogen-bond donors (Lipinski definition) is 1. The summed E-state index contributed by atoms with van der Waals surface area (Å²) in [6, 6.07) is 1.58. The molecule has 0 fully saturated rings. The van der Waals surface area contributed by atoms with Crippen molar-refractivity contribution in [3.05, 3.63) is 33.8 Å². The first-order chi connectivity index (χ1) is 7.93. The fourth-order valence-electron chi connectivity index (χ4n) is 1.95. The number of halogens is 4. The molecule has 0 bridgehead atoms. The maximum atomic E-state index is 12.7. The molecule has 1 aromatic rings. The minimum Gasteiger partial charge on any atom is -0.304 e. The van der Waals surface area contributed by atoms with Gasteiger partial charge in [-0.1, -0.05) is 11.6 Å². The van der Waals surface area contributed by atoms with Gasteiger partial charge in [0, 0.05) is 6.54 Å². The van der Waals surface area contributed by atoms with Crippen LogP contribution in [0.2, 0.25) is 5.02 Å². The topological polar surface area (TPSA) is 29.1 Å². The summed E-state index contributed by atoms with van der Waals surface area (Å²) in [5.74, 6) is 0. The van der Waals surface area contributed by atoms with Crippen LogP contribution >= 0.6 is 11.6 Å². The Kier molecular flexibility index (Phi) is 3.14. The predicted octanol–water partition coefficient (Wildman–Crippen LogP) is 2.74. The third kappa shape index (κ3) is 2.30. The zero-order valence-electron chi connectivity index (χ0n) is 8.64. The summed E-state index contributed by atoms with van der Waals surface area (Å²) in [6.45, 7) is 0.554. The Morgan fingerprint density at radius 1 is 1.41 bits per heavy atom. The molecule has 1 N–H and O–H groups in total. The molecule has 92 valence electrons. The van der Waals surface area contributed by atoms with Crippen LogP contribution < -0.4 is 5.32 Å². The molecule has 0 spiro atoms. The van der Waals surface area contributed by atoms with E-state index >= 15 is 0 Å². The summed E-state index contributed by atoms with van der Waals surface area (Å²) in [5, 5.41) is 2.53. The number of benzene rings is 1. The second-order valence-electron chi connectivity index (χ2n) is 3.85. The van der Waals surface area contributed by atoms with Gasteiger partial charge in [-0.3, -0.25) is 0 Å². The van der Waals surface area contributed by atoms with Crippen molar-refractivity contribution >= 4 is 17.9 Å². The molecule has 6 heteroatoms. The van der Waals surface area contributed by atoms with Gasteiger partial charge in [0.05, 0.1) is 16.6 Å². The lowest BCUT2D eigenvalue weighted by molar-refractivity contribution is -0.137. The van der Waals surface area contributed by atoms with E-state index in [0.29, 0.717) is 30.4 Å². The normalized spacial score (nSPS) is 19.9. The van der Waals surface area contributed by atoms with E-state index in [1.807, 2.05) is 0 Å². The maximum absolute atomic E-state index is 12.7. The molecule has 0 aromatic heterocycles. The average Bonchev–Trinajstić information content (AvgIpc) is 2.25. The standard InChI is InChI=1S/C11H9ClF3NO/c12-9-3-6-1-2-16-10(5-17)7(6)4-8(9)11(13,14)15/h3-5,10,16H,1-2H2. The van der Waals surface area contributed by atoms with Gasteiger partial charge in [0.2, 0.25) is 0 Å². The summed E-state index contributed by atoms with van der Waals surface area (Å²) in [5.41, 5.74) is 0.162. The first kappa shape index (κ1) is 12.4. The molecule has 1 unspecified atom stereocenters. The van der Waals surface area contributed by atoms with Crippen molar-refractivity contribution in [3.63, 3.8) is 0 Å². The molecule has 0 saturated carbocycles. The third-order valence-electron chi connectivity index (χ3n) is 2.76. The molecule has 1 aliphatic heterocycles. The van der Waals surface area contributed by atoms with Crippen molar-refractivity contribution in [1.29, 1.82) is 0 Å². The molecule has 0 saturated heterocycles. The Labute approximate surface area is 101 Å². The van der Waals surface area contributed by atoms with Gasteiger partial charge in [0.1, 0.15) is 6.29 Å². The maximum Gasteiger partial charge on any atom is 0.417 e.